The van der Waals surface area contributed by atoms with Crippen molar-refractivity contribution in [2.45, 2.75) is 25.4 Å². The second-order valence-electron chi connectivity index (χ2n) is 3.96. The molecular formula is C10H12N4O2. The summed E-state index contributed by atoms with van der Waals surface area (Å²) < 4.78 is 12.3. The summed E-state index contributed by atoms with van der Waals surface area (Å²) in [6.45, 7) is 0.321. The fourth-order valence-corrected chi connectivity index (χ4v) is 1.44. The lowest BCUT2D eigenvalue weighted by Gasteiger charge is -1.96. The van der Waals surface area contributed by atoms with Crippen LogP contribution in [0.2, 0.25) is 0 Å². The summed E-state index contributed by atoms with van der Waals surface area (Å²) >= 11 is 0. The van der Waals surface area contributed by atoms with Gasteiger partial charge in [-0.05, 0) is 12.8 Å². The van der Waals surface area contributed by atoms with Crippen LogP contribution in [0.4, 0.5) is 0 Å². The first-order chi connectivity index (χ1) is 7.81. The second kappa shape index (κ2) is 3.62. The van der Waals surface area contributed by atoms with Crippen LogP contribution in [0.3, 0.4) is 0 Å². The molecule has 0 spiro atoms. The number of rotatable bonds is 4. The van der Waals surface area contributed by atoms with Crippen LogP contribution < -0.4 is 4.74 Å². The Kier molecular flexibility index (Phi) is 2.12. The van der Waals surface area contributed by atoms with Gasteiger partial charge < -0.3 is 9.26 Å². The Morgan fingerprint density at radius 3 is 3.12 bits per heavy atom. The first kappa shape index (κ1) is 9.38. The van der Waals surface area contributed by atoms with Crippen LogP contribution in [0, 0.1) is 0 Å². The van der Waals surface area contributed by atoms with Gasteiger partial charge >= 0.3 is 0 Å². The lowest BCUT2D eigenvalue weighted by atomic mass is 10.4. The van der Waals surface area contributed by atoms with E-state index in [0.717, 1.165) is 18.7 Å². The smallest absolute Gasteiger partial charge is 0.229 e. The molecular weight excluding hydrogens is 208 g/mol. The van der Waals surface area contributed by atoms with Gasteiger partial charge in [0, 0.05) is 13.0 Å². The van der Waals surface area contributed by atoms with Crippen LogP contribution in [0.25, 0.3) is 0 Å². The van der Waals surface area contributed by atoms with Gasteiger partial charge in [-0.3, -0.25) is 4.68 Å². The third kappa shape index (κ3) is 1.91. The predicted octanol–water partition coefficient (Wildman–Crippen LogP) is 1.26. The minimum Gasteiger partial charge on any atom is -0.482 e. The van der Waals surface area contributed by atoms with E-state index in [4.69, 9.17) is 9.26 Å². The minimum absolute atomic E-state index is 0.321. The maximum absolute atomic E-state index is 5.46. The molecule has 1 aliphatic carbocycles. The highest BCUT2D eigenvalue weighted by Crippen LogP contribution is 2.38. The van der Waals surface area contributed by atoms with E-state index in [-0.39, 0.29) is 0 Å². The molecule has 0 bridgehead atoms. The lowest BCUT2D eigenvalue weighted by molar-refractivity contribution is 0.285. The molecule has 2 aromatic rings. The van der Waals surface area contributed by atoms with Crippen LogP contribution in [0.15, 0.2) is 16.9 Å². The number of ether oxygens (including phenoxy) is 1. The van der Waals surface area contributed by atoms with Crippen molar-refractivity contribution in [1.29, 1.82) is 0 Å². The van der Waals surface area contributed by atoms with Gasteiger partial charge in [0.1, 0.15) is 0 Å². The molecule has 0 amide bonds. The maximum Gasteiger partial charge on any atom is 0.229 e. The molecule has 84 valence electrons. The van der Waals surface area contributed by atoms with Crippen LogP contribution in [-0.4, -0.2) is 19.9 Å². The van der Waals surface area contributed by atoms with Gasteiger partial charge in [-0.1, -0.05) is 5.16 Å². The molecule has 6 heteroatoms. The number of aryl methyl sites for hydroxylation is 1. The number of hydrogen-bond acceptors (Lipinski definition) is 5. The van der Waals surface area contributed by atoms with E-state index in [1.807, 2.05) is 7.05 Å². The zero-order chi connectivity index (χ0) is 11.0. The Bertz CT molecular complexity index is 486. The molecule has 0 unspecified atom stereocenters. The predicted molar refractivity (Wildman–Crippen MR) is 53.8 cm³/mol. The maximum atomic E-state index is 5.46. The van der Waals surface area contributed by atoms with Crippen LogP contribution in [-0.2, 0) is 13.7 Å². The quantitative estimate of drug-likeness (QED) is 0.776. The number of aromatic nitrogens is 4. The highest BCUT2D eigenvalue weighted by atomic mass is 16.5. The molecule has 0 radical (unpaired) electrons. The van der Waals surface area contributed by atoms with E-state index in [1.165, 1.54) is 0 Å². The fraction of sp³-hybridized carbons (Fsp3) is 0.500. The van der Waals surface area contributed by atoms with Crippen molar-refractivity contribution in [2.75, 3.05) is 0 Å². The van der Waals surface area contributed by atoms with E-state index in [2.05, 4.69) is 15.2 Å². The molecule has 0 aliphatic heterocycles. The average Bonchev–Trinajstić information content (AvgIpc) is 2.87. The summed E-state index contributed by atoms with van der Waals surface area (Å²) in [5.41, 5.74) is 0. The van der Waals surface area contributed by atoms with Gasteiger partial charge in [0.05, 0.1) is 12.4 Å². The number of nitrogens with zero attached hydrogens (tertiary/aromatic N) is 4. The molecule has 3 rings (SSSR count). The van der Waals surface area contributed by atoms with Crippen LogP contribution in [0.5, 0.6) is 5.75 Å². The zero-order valence-electron chi connectivity index (χ0n) is 8.96. The zero-order valence-corrected chi connectivity index (χ0v) is 8.96. The Hall–Kier alpha value is -1.85. The Balaban J connectivity index is 1.61. The minimum atomic E-state index is 0.321. The highest BCUT2D eigenvalue weighted by Gasteiger charge is 2.29. The summed E-state index contributed by atoms with van der Waals surface area (Å²) in [4.78, 5) is 4.26. The lowest BCUT2D eigenvalue weighted by Crippen LogP contribution is -1.97. The molecule has 2 heterocycles. The highest BCUT2D eigenvalue weighted by molar-refractivity contribution is 5.11. The van der Waals surface area contributed by atoms with E-state index < -0.39 is 0 Å². The molecule has 16 heavy (non-hydrogen) atoms. The van der Waals surface area contributed by atoms with Crippen molar-refractivity contribution in [3.63, 3.8) is 0 Å². The second-order valence-corrected chi connectivity index (χ2v) is 3.96. The van der Waals surface area contributed by atoms with Crippen molar-refractivity contribution < 1.29 is 9.26 Å². The summed E-state index contributed by atoms with van der Waals surface area (Å²) in [6, 6.07) is 0. The molecule has 0 aromatic carbocycles. The molecule has 0 N–H and O–H groups in total. The summed E-state index contributed by atoms with van der Waals surface area (Å²) in [7, 11) is 1.84. The average molecular weight is 220 g/mol. The standard InChI is InChI=1S/C10H12N4O2/c1-14-5-8(4-11-14)15-6-9-12-10(16-13-9)7-2-3-7/h4-5,7H,2-3,6H2,1H3. The van der Waals surface area contributed by atoms with Gasteiger partial charge in [0.15, 0.2) is 12.4 Å². The Labute approximate surface area is 92.2 Å². The van der Waals surface area contributed by atoms with E-state index in [1.54, 1.807) is 17.1 Å². The summed E-state index contributed by atoms with van der Waals surface area (Å²) in [6.07, 6.45) is 5.76. The van der Waals surface area contributed by atoms with Gasteiger partial charge in [-0.15, -0.1) is 0 Å². The van der Waals surface area contributed by atoms with Crippen molar-refractivity contribution in [3.05, 3.63) is 24.1 Å². The van der Waals surface area contributed by atoms with Crippen molar-refractivity contribution in [3.8, 4) is 5.75 Å². The van der Waals surface area contributed by atoms with Gasteiger partial charge in [0.2, 0.25) is 11.7 Å². The van der Waals surface area contributed by atoms with Crippen molar-refractivity contribution in [2.24, 2.45) is 7.05 Å². The molecule has 6 nitrogen and oxygen atoms in total. The Morgan fingerprint density at radius 1 is 1.56 bits per heavy atom. The third-order valence-electron chi connectivity index (χ3n) is 2.46. The normalized spacial score (nSPS) is 15.3. The van der Waals surface area contributed by atoms with Crippen LogP contribution >= 0.6 is 0 Å². The van der Waals surface area contributed by atoms with E-state index in [0.29, 0.717) is 24.1 Å². The van der Waals surface area contributed by atoms with Gasteiger partial charge in [-0.25, -0.2) is 0 Å². The molecule has 0 saturated heterocycles. The number of hydrogen-bond donors (Lipinski definition) is 0. The Morgan fingerprint density at radius 2 is 2.44 bits per heavy atom. The monoisotopic (exact) mass is 220 g/mol. The van der Waals surface area contributed by atoms with Gasteiger partial charge in [0.25, 0.3) is 0 Å². The first-order valence-electron chi connectivity index (χ1n) is 5.25. The molecule has 2 aromatic heterocycles. The van der Waals surface area contributed by atoms with E-state index >= 15 is 0 Å². The third-order valence-corrected chi connectivity index (χ3v) is 2.46. The molecule has 1 saturated carbocycles. The van der Waals surface area contributed by atoms with Crippen molar-refractivity contribution >= 4 is 0 Å². The molecule has 1 aliphatic rings. The summed E-state index contributed by atoms with van der Waals surface area (Å²) in [5.74, 6) is 2.52. The summed E-state index contributed by atoms with van der Waals surface area (Å²) in [5, 5.41) is 7.86. The molecule has 0 atom stereocenters. The van der Waals surface area contributed by atoms with Crippen molar-refractivity contribution in [1.82, 2.24) is 19.9 Å². The first-order valence-corrected chi connectivity index (χ1v) is 5.25. The van der Waals surface area contributed by atoms with Gasteiger partial charge in [-0.2, -0.15) is 10.1 Å². The SMILES string of the molecule is Cn1cc(OCc2noc(C3CC3)n2)cn1. The van der Waals surface area contributed by atoms with E-state index in [9.17, 15) is 0 Å². The molecule has 1 fully saturated rings. The topological polar surface area (TPSA) is 66.0 Å². The van der Waals surface area contributed by atoms with Crippen LogP contribution in [0.1, 0.15) is 30.5 Å². The fourth-order valence-electron chi connectivity index (χ4n) is 1.44. The largest absolute Gasteiger partial charge is 0.482 e.